The molecule has 10 heteroatoms. The Kier molecular flexibility index (Phi) is 4.11. The van der Waals surface area contributed by atoms with E-state index in [2.05, 4.69) is 4.98 Å². The lowest BCUT2D eigenvalue weighted by Gasteiger charge is -2.07. The van der Waals surface area contributed by atoms with Crippen LogP contribution in [0.2, 0.25) is 0 Å². The first-order valence-electron chi connectivity index (χ1n) is 6.00. The Bertz CT molecular complexity index is 940. The third-order valence-corrected chi connectivity index (χ3v) is 4.73. The number of aromatic nitrogens is 2. The lowest BCUT2D eigenvalue weighted by molar-refractivity contribution is 0.361. The van der Waals surface area contributed by atoms with Gasteiger partial charge in [-0.25, -0.2) is 26.9 Å². The molecule has 3 nitrogen and oxygen atoms in total. The van der Waals surface area contributed by atoms with Crippen LogP contribution in [-0.4, -0.2) is 9.38 Å². The zero-order valence-corrected chi connectivity index (χ0v) is 12.6. The van der Waals surface area contributed by atoms with Crippen LogP contribution in [0.25, 0.3) is 4.96 Å². The molecule has 0 spiro atoms. The summed E-state index contributed by atoms with van der Waals surface area (Å²) in [5, 5.41) is 1.63. The first-order chi connectivity index (χ1) is 10.9. The molecule has 0 N–H and O–H groups in total. The van der Waals surface area contributed by atoms with Gasteiger partial charge in [0.1, 0.15) is 0 Å². The average molecular weight is 364 g/mol. The Morgan fingerprint density at radius 3 is 2.30 bits per heavy atom. The number of hydrogen-bond acceptors (Lipinski definition) is 4. The Morgan fingerprint density at radius 1 is 1.04 bits per heavy atom. The lowest BCUT2D eigenvalue weighted by atomic mass is 10.3. The fraction of sp³-hybridized carbons (Fsp3) is 0.0769. The summed E-state index contributed by atoms with van der Waals surface area (Å²) < 4.78 is 67.6. The minimum atomic E-state index is -2.21. The van der Waals surface area contributed by atoms with Crippen LogP contribution in [0.1, 0.15) is 5.69 Å². The number of rotatable bonds is 3. The Labute approximate surface area is 133 Å². The summed E-state index contributed by atoms with van der Waals surface area (Å²) in [6, 6.07) is 1.14. The summed E-state index contributed by atoms with van der Waals surface area (Å²) in [6.07, 6.45) is 1.51. The predicted octanol–water partition coefficient (Wildman–Crippen LogP) is 3.74. The quantitative estimate of drug-likeness (QED) is 0.307. The van der Waals surface area contributed by atoms with Crippen molar-refractivity contribution in [1.29, 1.82) is 0 Å². The van der Waals surface area contributed by atoms with Crippen molar-refractivity contribution in [3.8, 4) is 0 Å². The van der Waals surface area contributed by atoms with E-state index in [4.69, 9.17) is 0 Å². The van der Waals surface area contributed by atoms with Crippen molar-refractivity contribution in [3.63, 3.8) is 0 Å². The molecule has 0 saturated heterocycles. The van der Waals surface area contributed by atoms with Crippen LogP contribution >= 0.6 is 23.1 Å². The van der Waals surface area contributed by atoms with Gasteiger partial charge in [0.05, 0.1) is 10.6 Å². The maximum absolute atomic E-state index is 13.6. The zero-order valence-electron chi connectivity index (χ0n) is 10.9. The molecule has 0 atom stereocenters. The van der Waals surface area contributed by atoms with Crippen LogP contribution in [-0.2, 0) is 5.75 Å². The van der Waals surface area contributed by atoms with Crippen molar-refractivity contribution in [1.82, 2.24) is 9.38 Å². The molecule has 0 aliphatic carbocycles. The highest BCUT2D eigenvalue weighted by atomic mass is 32.2. The predicted molar refractivity (Wildman–Crippen MR) is 75.1 cm³/mol. The molecular weight excluding hydrogens is 359 g/mol. The molecule has 2 heterocycles. The molecule has 0 unspecified atom stereocenters. The van der Waals surface area contributed by atoms with Crippen molar-refractivity contribution in [2.24, 2.45) is 0 Å². The highest BCUT2D eigenvalue weighted by molar-refractivity contribution is 7.98. The van der Waals surface area contributed by atoms with E-state index in [1.165, 1.54) is 21.9 Å². The molecule has 0 saturated carbocycles. The molecule has 0 bridgehead atoms. The van der Waals surface area contributed by atoms with E-state index in [1.54, 1.807) is 5.38 Å². The zero-order chi connectivity index (χ0) is 16.7. The molecular formula is C13H5F5N2OS2. The van der Waals surface area contributed by atoms with Gasteiger partial charge in [-0.15, -0.1) is 23.1 Å². The van der Waals surface area contributed by atoms with Gasteiger partial charge < -0.3 is 0 Å². The van der Waals surface area contributed by atoms with E-state index in [0.29, 0.717) is 16.7 Å². The van der Waals surface area contributed by atoms with E-state index < -0.39 is 39.5 Å². The summed E-state index contributed by atoms with van der Waals surface area (Å²) in [4.78, 5) is 15.2. The molecule has 0 aliphatic rings. The molecule has 0 radical (unpaired) electrons. The second kappa shape index (κ2) is 5.93. The van der Waals surface area contributed by atoms with Crippen LogP contribution in [0.15, 0.2) is 27.3 Å². The molecule has 23 heavy (non-hydrogen) atoms. The number of halogens is 5. The minimum absolute atomic E-state index is 0.173. The van der Waals surface area contributed by atoms with E-state index in [-0.39, 0.29) is 11.4 Å². The van der Waals surface area contributed by atoms with Crippen LogP contribution < -0.4 is 5.56 Å². The topological polar surface area (TPSA) is 34.4 Å². The van der Waals surface area contributed by atoms with Crippen molar-refractivity contribution in [3.05, 3.63) is 62.8 Å². The van der Waals surface area contributed by atoms with Crippen molar-refractivity contribution >= 4 is 28.1 Å². The number of thiazole rings is 1. The van der Waals surface area contributed by atoms with E-state index in [9.17, 15) is 26.7 Å². The third-order valence-electron chi connectivity index (χ3n) is 2.89. The Morgan fingerprint density at radius 2 is 1.65 bits per heavy atom. The van der Waals surface area contributed by atoms with Crippen LogP contribution in [0.5, 0.6) is 0 Å². The SMILES string of the molecule is O=c1cc(CSc2c(F)c(F)c(F)c(F)c2F)nc2sccn12. The fourth-order valence-corrected chi connectivity index (χ4v) is 3.43. The number of hydrogen-bond donors (Lipinski definition) is 0. The smallest absolute Gasteiger partial charge is 0.258 e. The van der Waals surface area contributed by atoms with Gasteiger partial charge in [0, 0.05) is 23.4 Å². The number of nitrogens with zero attached hydrogens (tertiary/aromatic N) is 2. The first kappa shape index (κ1) is 15.9. The fourth-order valence-electron chi connectivity index (χ4n) is 1.82. The molecule has 3 rings (SSSR count). The summed E-state index contributed by atoms with van der Waals surface area (Å²) >= 11 is 1.56. The van der Waals surface area contributed by atoms with Gasteiger partial charge in [0.15, 0.2) is 28.2 Å². The molecule has 0 fully saturated rings. The third kappa shape index (κ3) is 2.72. The van der Waals surface area contributed by atoms with Crippen molar-refractivity contribution in [2.45, 2.75) is 10.6 Å². The number of benzene rings is 1. The average Bonchev–Trinajstić information content (AvgIpc) is 3.00. The van der Waals surface area contributed by atoms with Gasteiger partial charge in [0.2, 0.25) is 5.82 Å². The van der Waals surface area contributed by atoms with Gasteiger partial charge in [0.25, 0.3) is 5.56 Å². The summed E-state index contributed by atoms with van der Waals surface area (Å²) in [6.45, 7) is 0. The van der Waals surface area contributed by atoms with E-state index in [0.717, 1.165) is 6.07 Å². The molecule has 0 amide bonds. The summed E-state index contributed by atoms with van der Waals surface area (Å²) in [7, 11) is 0. The van der Waals surface area contributed by atoms with E-state index in [1.807, 2.05) is 0 Å². The van der Waals surface area contributed by atoms with Gasteiger partial charge in [-0.3, -0.25) is 9.20 Å². The molecule has 2 aromatic heterocycles. The molecule has 3 aromatic rings. The number of thioether (sulfide) groups is 1. The highest BCUT2D eigenvalue weighted by Crippen LogP contribution is 2.32. The Hall–Kier alpha value is -1.94. The van der Waals surface area contributed by atoms with Gasteiger partial charge in [-0.1, -0.05) is 0 Å². The van der Waals surface area contributed by atoms with Crippen molar-refractivity contribution in [2.75, 3.05) is 0 Å². The minimum Gasteiger partial charge on any atom is -0.269 e. The van der Waals surface area contributed by atoms with Gasteiger partial charge in [-0.05, 0) is 0 Å². The summed E-state index contributed by atoms with van der Waals surface area (Å²) in [5.74, 6) is -10.2. The maximum atomic E-state index is 13.6. The number of fused-ring (bicyclic) bond motifs is 1. The second-order valence-electron chi connectivity index (χ2n) is 4.33. The highest BCUT2D eigenvalue weighted by Gasteiger charge is 2.26. The van der Waals surface area contributed by atoms with Gasteiger partial charge >= 0.3 is 0 Å². The Balaban J connectivity index is 1.95. The van der Waals surface area contributed by atoms with Crippen LogP contribution in [0.4, 0.5) is 22.0 Å². The normalized spacial score (nSPS) is 11.3. The molecule has 120 valence electrons. The standard InChI is InChI=1S/C13H5F5N2OS2/c14-7-8(15)10(17)12(11(18)9(7)16)23-4-5-3-6(21)20-1-2-22-13(20)19-5/h1-3H,4H2. The lowest BCUT2D eigenvalue weighted by Crippen LogP contribution is -2.12. The molecule has 1 aromatic carbocycles. The van der Waals surface area contributed by atoms with Crippen molar-refractivity contribution < 1.29 is 22.0 Å². The first-order valence-corrected chi connectivity index (χ1v) is 7.86. The maximum Gasteiger partial charge on any atom is 0.258 e. The monoisotopic (exact) mass is 364 g/mol. The van der Waals surface area contributed by atoms with Crippen LogP contribution in [0.3, 0.4) is 0 Å². The molecule has 0 aliphatic heterocycles. The second-order valence-corrected chi connectivity index (χ2v) is 6.19. The van der Waals surface area contributed by atoms with E-state index >= 15 is 0 Å². The van der Waals surface area contributed by atoms with Gasteiger partial charge in [-0.2, -0.15) is 0 Å². The largest absolute Gasteiger partial charge is 0.269 e. The van der Waals surface area contributed by atoms with Crippen LogP contribution in [0, 0.1) is 29.1 Å². The summed E-state index contributed by atoms with van der Waals surface area (Å²) in [5.41, 5.74) is -0.226.